The van der Waals surface area contributed by atoms with E-state index in [4.69, 9.17) is 15.0 Å². The van der Waals surface area contributed by atoms with Crippen molar-refractivity contribution >= 4 is 63.3 Å². The quantitative estimate of drug-likeness (QED) is 0.146. The molecule has 0 N–H and O–H groups in total. The molecule has 272 valence electrons. The summed E-state index contributed by atoms with van der Waals surface area (Å²) in [5.41, 5.74) is 13.9. The van der Waals surface area contributed by atoms with Gasteiger partial charge in [-0.15, -0.1) is 0 Å². The van der Waals surface area contributed by atoms with Crippen LogP contribution in [0.5, 0.6) is 0 Å². The first-order valence-electron chi connectivity index (χ1n) is 19.2. The number of benzene rings is 5. The van der Waals surface area contributed by atoms with Crippen LogP contribution >= 0.6 is 0 Å². The fourth-order valence-corrected chi connectivity index (χ4v) is 7.80. The van der Waals surface area contributed by atoms with Gasteiger partial charge < -0.3 is 4.57 Å². The monoisotopic (exact) mass is 725 g/mol. The molecule has 1 aliphatic rings. The lowest BCUT2D eigenvalue weighted by Crippen LogP contribution is -2.18. The lowest BCUT2D eigenvalue weighted by molar-refractivity contribution is 1.04. The van der Waals surface area contributed by atoms with Crippen molar-refractivity contribution in [1.29, 1.82) is 0 Å². The fraction of sp³-hybridized carbons (Fsp3) is 0.0784. The van der Waals surface area contributed by atoms with Crippen molar-refractivity contribution in [3.8, 4) is 39.5 Å². The van der Waals surface area contributed by atoms with Crippen molar-refractivity contribution in [2.75, 3.05) is 4.90 Å². The highest BCUT2D eigenvalue weighted by Gasteiger charge is 2.30. The fourth-order valence-electron chi connectivity index (χ4n) is 7.80. The lowest BCUT2D eigenvalue weighted by atomic mass is 9.93. The molecule has 0 atom stereocenters. The van der Waals surface area contributed by atoms with E-state index >= 15 is 0 Å². The molecule has 0 fully saturated rings. The number of anilines is 3. The first-order chi connectivity index (χ1) is 27.6. The molecule has 0 bridgehead atoms. The predicted octanol–water partition coefficient (Wildman–Crippen LogP) is 14.1. The van der Waals surface area contributed by atoms with E-state index in [2.05, 4.69) is 150 Å². The number of hydrogen-bond acceptors (Lipinski definition) is 4. The SMILES string of the molecule is C=Cc1c(C=C)c(/C=C\C)n(-c2ccc(-c3cc(-c4ccccc4)nc(N4c5ccccc5-c5nc6ccccc6c6cccc4c56)n3)cc2)c1/C=C\C.CC. The average Bonchev–Trinajstić information content (AvgIpc) is 3.56. The van der Waals surface area contributed by atoms with Crippen molar-refractivity contribution < 1.29 is 0 Å². The van der Waals surface area contributed by atoms with Crippen molar-refractivity contribution in [3.63, 3.8) is 0 Å². The zero-order chi connectivity index (χ0) is 38.8. The van der Waals surface area contributed by atoms with Crippen LogP contribution in [0.25, 0.3) is 85.4 Å². The van der Waals surface area contributed by atoms with Crippen LogP contribution in [-0.4, -0.2) is 19.5 Å². The van der Waals surface area contributed by atoms with Gasteiger partial charge in [0.1, 0.15) is 0 Å². The highest BCUT2D eigenvalue weighted by atomic mass is 15.3. The number of aromatic nitrogens is 4. The van der Waals surface area contributed by atoms with Crippen molar-refractivity contribution in [2.24, 2.45) is 0 Å². The van der Waals surface area contributed by atoms with Crippen LogP contribution in [0.15, 0.2) is 153 Å². The van der Waals surface area contributed by atoms with Gasteiger partial charge in [0.2, 0.25) is 5.95 Å². The first-order valence-corrected chi connectivity index (χ1v) is 19.2. The molecule has 0 saturated heterocycles. The third kappa shape index (κ3) is 5.94. The topological polar surface area (TPSA) is 46.8 Å². The zero-order valence-corrected chi connectivity index (χ0v) is 32.2. The molecule has 0 spiro atoms. The largest absolute Gasteiger partial charge is 0.309 e. The van der Waals surface area contributed by atoms with E-state index in [0.29, 0.717) is 5.95 Å². The van der Waals surface area contributed by atoms with Gasteiger partial charge in [-0.25, -0.2) is 15.0 Å². The molecule has 5 nitrogen and oxygen atoms in total. The Morgan fingerprint density at radius 3 is 1.79 bits per heavy atom. The first kappa shape index (κ1) is 35.9. The van der Waals surface area contributed by atoms with Crippen molar-refractivity contribution in [3.05, 3.63) is 175 Å². The minimum Gasteiger partial charge on any atom is -0.309 e. The standard InChI is InChI=1S/C49H37N5.C2H6/c1-5-17-43-35(7-3)36(8-4)44(18-6-2)53(43)34-29-27-33(28-30-34)42-31-41(32-19-10-9-11-20-32)51-49(52-42)54-45-25-15-13-22-39(45)48-47-38(23-16-26-46(47)54)37-21-12-14-24-40(37)50-48;1-2/h5-31H,3-4H2,1-2H3;1-2H3/b17-5-,18-6-;. The smallest absolute Gasteiger partial charge is 0.235 e. The van der Waals surface area contributed by atoms with E-state index in [-0.39, 0.29) is 0 Å². The van der Waals surface area contributed by atoms with E-state index in [0.717, 1.165) is 95.0 Å². The molecule has 5 aromatic carbocycles. The summed E-state index contributed by atoms with van der Waals surface area (Å²) < 4.78 is 2.26. The summed E-state index contributed by atoms with van der Waals surface area (Å²) in [6, 6.07) is 44.3. The van der Waals surface area contributed by atoms with Gasteiger partial charge in [0.25, 0.3) is 0 Å². The maximum absolute atomic E-state index is 5.35. The molecule has 0 radical (unpaired) electrons. The molecule has 0 saturated carbocycles. The number of para-hydroxylation sites is 2. The van der Waals surface area contributed by atoms with Gasteiger partial charge in [-0.05, 0) is 67.8 Å². The van der Waals surface area contributed by atoms with E-state index in [1.54, 1.807) is 0 Å². The van der Waals surface area contributed by atoms with E-state index in [9.17, 15) is 0 Å². The number of nitrogens with zero attached hydrogens (tertiary/aromatic N) is 5. The van der Waals surface area contributed by atoms with E-state index in [1.807, 2.05) is 64.1 Å². The lowest BCUT2D eigenvalue weighted by Gasteiger charge is -2.32. The second kappa shape index (κ2) is 15.3. The average molecular weight is 726 g/mol. The molecule has 9 rings (SSSR count). The van der Waals surface area contributed by atoms with Crippen molar-refractivity contribution in [2.45, 2.75) is 27.7 Å². The van der Waals surface area contributed by atoms with E-state index < -0.39 is 0 Å². The van der Waals surface area contributed by atoms with Gasteiger partial charge >= 0.3 is 0 Å². The molecule has 5 heteroatoms. The molecule has 0 unspecified atom stereocenters. The van der Waals surface area contributed by atoms with Crippen LogP contribution in [0.2, 0.25) is 0 Å². The zero-order valence-electron chi connectivity index (χ0n) is 32.2. The molecule has 0 amide bonds. The van der Waals surface area contributed by atoms with Crippen LogP contribution < -0.4 is 4.90 Å². The number of fused-ring (bicyclic) bond motifs is 4. The summed E-state index contributed by atoms with van der Waals surface area (Å²) in [7, 11) is 0. The Labute approximate surface area is 329 Å². The maximum atomic E-state index is 5.35. The number of rotatable bonds is 8. The summed E-state index contributed by atoms with van der Waals surface area (Å²) in [6.07, 6.45) is 12.2. The molecule has 0 aliphatic carbocycles. The van der Waals surface area contributed by atoms with Gasteiger partial charge in [0.15, 0.2) is 0 Å². The van der Waals surface area contributed by atoms with Gasteiger partial charge in [0.05, 0.1) is 45.4 Å². The summed E-state index contributed by atoms with van der Waals surface area (Å²) in [5.74, 6) is 0.594. The molecular formula is C51H43N5. The molecular weight excluding hydrogens is 683 g/mol. The van der Waals surface area contributed by atoms with Gasteiger partial charge in [-0.2, -0.15) is 0 Å². The minimum absolute atomic E-state index is 0.594. The van der Waals surface area contributed by atoms with Crippen LogP contribution in [0.3, 0.4) is 0 Å². The molecule has 56 heavy (non-hydrogen) atoms. The van der Waals surface area contributed by atoms with Crippen LogP contribution in [-0.2, 0) is 0 Å². The summed E-state index contributed by atoms with van der Waals surface area (Å²) in [4.78, 5) is 18.1. The Morgan fingerprint density at radius 2 is 1.12 bits per heavy atom. The normalized spacial score (nSPS) is 11.9. The second-order valence-corrected chi connectivity index (χ2v) is 13.2. The Kier molecular flexibility index (Phi) is 9.82. The Balaban J connectivity index is 0.00000217. The Bertz CT molecular complexity index is 2780. The highest BCUT2D eigenvalue weighted by Crippen LogP contribution is 2.51. The maximum Gasteiger partial charge on any atom is 0.235 e. The molecule has 3 aromatic heterocycles. The third-order valence-corrected chi connectivity index (χ3v) is 10.1. The van der Waals surface area contributed by atoms with Crippen LogP contribution in [0.1, 0.15) is 50.2 Å². The van der Waals surface area contributed by atoms with E-state index in [1.165, 1.54) is 0 Å². The molecule has 8 aromatic rings. The number of hydrogen-bond donors (Lipinski definition) is 0. The molecule has 1 aliphatic heterocycles. The van der Waals surface area contributed by atoms with Gasteiger partial charge in [0, 0.05) is 44.3 Å². The van der Waals surface area contributed by atoms with Crippen molar-refractivity contribution in [1.82, 2.24) is 19.5 Å². The number of allylic oxidation sites excluding steroid dienone is 2. The summed E-state index contributed by atoms with van der Waals surface area (Å²) >= 11 is 0. The Hall–Kier alpha value is -7.11. The second-order valence-electron chi connectivity index (χ2n) is 13.2. The number of pyridine rings is 1. The van der Waals surface area contributed by atoms with Crippen LogP contribution in [0, 0.1) is 0 Å². The third-order valence-electron chi connectivity index (χ3n) is 10.1. The summed E-state index contributed by atoms with van der Waals surface area (Å²) in [5, 5.41) is 3.37. The van der Waals surface area contributed by atoms with Gasteiger partial charge in [-0.1, -0.05) is 142 Å². The predicted molar refractivity (Wildman–Crippen MR) is 240 cm³/mol. The Morgan fingerprint density at radius 1 is 0.554 bits per heavy atom. The highest BCUT2D eigenvalue weighted by molar-refractivity contribution is 6.19. The van der Waals surface area contributed by atoms with Gasteiger partial charge in [-0.3, -0.25) is 4.90 Å². The minimum atomic E-state index is 0.594. The summed E-state index contributed by atoms with van der Waals surface area (Å²) in [6.45, 7) is 16.3. The molecule has 4 heterocycles. The van der Waals surface area contributed by atoms with Crippen LogP contribution in [0.4, 0.5) is 17.3 Å².